The van der Waals surface area contributed by atoms with E-state index in [9.17, 15) is 0 Å². The van der Waals surface area contributed by atoms with Crippen molar-refractivity contribution in [2.24, 2.45) is 0 Å². The first kappa shape index (κ1) is 17.4. The van der Waals surface area contributed by atoms with Crippen LogP contribution in [0.1, 0.15) is 0 Å². The smallest absolute Gasteiger partial charge is 0.228 e. The molecular formula is C18H16ClNO2S2. The highest BCUT2D eigenvalue weighted by Crippen LogP contribution is 2.38. The third-order valence-electron chi connectivity index (χ3n) is 3.14. The van der Waals surface area contributed by atoms with Crippen LogP contribution >= 0.6 is 35.1 Å². The lowest BCUT2D eigenvalue weighted by Crippen LogP contribution is -1.90. The molecule has 3 nitrogen and oxygen atoms in total. The topological polar surface area (TPSA) is 35.3 Å². The highest BCUT2D eigenvalue weighted by atomic mass is 35.5. The zero-order chi connectivity index (χ0) is 16.8. The molecule has 1 aromatic heterocycles. The summed E-state index contributed by atoms with van der Waals surface area (Å²) in [5, 5.41) is 2.39. The SMILES string of the molecule is COCCSc1oc(-c2ccccc2)nc1Sc1ccc(Cl)cc1. The molecule has 24 heavy (non-hydrogen) atoms. The number of hydrogen-bond acceptors (Lipinski definition) is 5. The summed E-state index contributed by atoms with van der Waals surface area (Å²) in [4.78, 5) is 5.75. The van der Waals surface area contributed by atoms with Crippen molar-refractivity contribution in [1.82, 2.24) is 4.98 Å². The van der Waals surface area contributed by atoms with Gasteiger partial charge in [0.15, 0.2) is 10.1 Å². The molecule has 0 bridgehead atoms. The van der Waals surface area contributed by atoms with E-state index in [1.54, 1.807) is 30.6 Å². The van der Waals surface area contributed by atoms with Gasteiger partial charge in [-0.3, -0.25) is 0 Å². The maximum atomic E-state index is 5.99. The van der Waals surface area contributed by atoms with E-state index in [1.807, 2.05) is 54.6 Å². The molecule has 0 saturated heterocycles. The Morgan fingerprint density at radius 1 is 1.08 bits per heavy atom. The number of methoxy groups -OCH3 is 1. The first-order chi connectivity index (χ1) is 11.8. The number of ether oxygens (including phenoxy) is 1. The molecule has 0 fully saturated rings. The van der Waals surface area contributed by atoms with Crippen LogP contribution in [-0.4, -0.2) is 24.5 Å². The van der Waals surface area contributed by atoms with E-state index in [4.69, 9.17) is 20.8 Å². The second-order valence-electron chi connectivity index (χ2n) is 4.87. The molecule has 2 aromatic carbocycles. The van der Waals surface area contributed by atoms with Gasteiger partial charge in [-0.05, 0) is 36.4 Å². The van der Waals surface area contributed by atoms with Crippen LogP contribution in [0.4, 0.5) is 0 Å². The fraction of sp³-hybridized carbons (Fsp3) is 0.167. The van der Waals surface area contributed by atoms with E-state index in [-0.39, 0.29) is 0 Å². The van der Waals surface area contributed by atoms with Crippen LogP contribution in [0.2, 0.25) is 5.02 Å². The minimum Gasteiger partial charge on any atom is -0.429 e. The number of rotatable bonds is 7. The van der Waals surface area contributed by atoms with Gasteiger partial charge in [-0.25, -0.2) is 4.98 Å². The lowest BCUT2D eigenvalue weighted by molar-refractivity contribution is 0.218. The third-order valence-corrected chi connectivity index (χ3v) is 5.41. The molecule has 6 heteroatoms. The van der Waals surface area contributed by atoms with Crippen molar-refractivity contribution in [3.63, 3.8) is 0 Å². The van der Waals surface area contributed by atoms with E-state index < -0.39 is 0 Å². The van der Waals surface area contributed by atoms with Crippen molar-refractivity contribution in [3.8, 4) is 11.5 Å². The molecule has 0 aliphatic rings. The first-order valence-electron chi connectivity index (χ1n) is 7.37. The van der Waals surface area contributed by atoms with Gasteiger partial charge < -0.3 is 9.15 Å². The van der Waals surface area contributed by atoms with Crippen molar-refractivity contribution in [1.29, 1.82) is 0 Å². The first-order valence-corrected chi connectivity index (χ1v) is 9.55. The predicted molar refractivity (Wildman–Crippen MR) is 100 cm³/mol. The summed E-state index contributed by atoms with van der Waals surface area (Å²) in [7, 11) is 1.69. The Bertz CT molecular complexity index is 775. The second kappa shape index (κ2) is 8.62. The monoisotopic (exact) mass is 377 g/mol. The molecule has 3 aromatic rings. The standard InChI is InChI=1S/C18H16ClNO2S2/c1-21-11-12-23-18-17(24-15-9-7-14(19)8-10-15)20-16(22-18)13-5-3-2-4-6-13/h2-10H,11-12H2,1H3. The fourth-order valence-electron chi connectivity index (χ4n) is 1.98. The summed E-state index contributed by atoms with van der Waals surface area (Å²) in [5.41, 5.74) is 0.967. The van der Waals surface area contributed by atoms with Gasteiger partial charge >= 0.3 is 0 Å². The quantitative estimate of drug-likeness (QED) is 0.379. The minimum absolute atomic E-state index is 0.631. The molecule has 3 rings (SSSR count). The molecule has 0 N–H and O–H groups in total. The Balaban J connectivity index is 1.87. The van der Waals surface area contributed by atoms with Gasteiger partial charge in [0, 0.05) is 28.3 Å². The molecule has 0 radical (unpaired) electrons. The van der Waals surface area contributed by atoms with Gasteiger partial charge in [0.05, 0.1) is 6.61 Å². The second-order valence-corrected chi connectivity index (χ2v) is 7.44. The predicted octanol–water partition coefficient (Wildman–Crippen LogP) is 5.88. The van der Waals surface area contributed by atoms with Gasteiger partial charge in [0.1, 0.15) is 0 Å². The lowest BCUT2D eigenvalue weighted by Gasteiger charge is -2.01. The number of oxazole rings is 1. The summed E-state index contributed by atoms with van der Waals surface area (Å²) < 4.78 is 11.1. The van der Waals surface area contributed by atoms with Crippen LogP contribution in [0, 0.1) is 0 Å². The number of aromatic nitrogens is 1. The maximum absolute atomic E-state index is 5.99. The van der Waals surface area contributed by atoms with E-state index in [1.165, 1.54) is 0 Å². The summed E-state index contributed by atoms with van der Waals surface area (Å²) in [5.74, 6) is 1.45. The van der Waals surface area contributed by atoms with E-state index in [0.717, 1.165) is 31.4 Å². The molecular weight excluding hydrogens is 362 g/mol. The Morgan fingerprint density at radius 2 is 1.83 bits per heavy atom. The fourth-order valence-corrected chi connectivity index (χ4v) is 3.90. The minimum atomic E-state index is 0.631. The number of hydrogen-bond donors (Lipinski definition) is 0. The maximum Gasteiger partial charge on any atom is 0.228 e. The van der Waals surface area contributed by atoms with E-state index in [0.29, 0.717) is 12.5 Å². The molecule has 0 amide bonds. The van der Waals surface area contributed by atoms with Crippen LogP contribution in [0.5, 0.6) is 0 Å². The Kier molecular flexibility index (Phi) is 6.26. The van der Waals surface area contributed by atoms with Crippen LogP contribution < -0.4 is 0 Å². The summed E-state index contributed by atoms with van der Waals surface area (Å²) in [6.07, 6.45) is 0. The Morgan fingerprint density at radius 3 is 2.54 bits per heavy atom. The summed E-state index contributed by atoms with van der Waals surface area (Å²) in [6, 6.07) is 17.6. The molecule has 0 aliphatic carbocycles. The zero-order valence-corrected chi connectivity index (χ0v) is 15.5. The Labute approximate surface area is 154 Å². The van der Waals surface area contributed by atoms with Gasteiger partial charge in [0.2, 0.25) is 5.89 Å². The van der Waals surface area contributed by atoms with E-state index >= 15 is 0 Å². The highest BCUT2D eigenvalue weighted by Gasteiger charge is 2.16. The third kappa shape index (κ3) is 4.57. The number of thioether (sulfide) groups is 1. The van der Waals surface area contributed by atoms with Crippen LogP contribution in [0.3, 0.4) is 0 Å². The van der Waals surface area contributed by atoms with E-state index in [2.05, 4.69) is 4.98 Å². The lowest BCUT2D eigenvalue weighted by atomic mass is 10.2. The molecule has 0 atom stereocenters. The molecule has 124 valence electrons. The molecule has 0 aliphatic heterocycles. The average Bonchev–Trinajstić information content (AvgIpc) is 3.01. The van der Waals surface area contributed by atoms with Crippen LogP contribution in [0.15, 0.2) is 74.0 Å². The largest absolute Gasteiger partial charge is 0.429 e. The van der Waals surface area contributed by atoms with Crippen molar-refractivity contribution in [2.75, 3.05) is 19.5 Å². The summed E-state index contributed by atoms with van der Waals surface area (Å²) >= 11 is 9.13. The van der Waals surface area contributed by atoms with Gasteiger partial charge in [0.25, 0.3) is 0 Å². The normalized spacial score (nSPS) is 10.9. The highest BCUT2D eigenvalue weighted by molar-refractivity contribution is 8.02. The van der Waals surface area contributed by atoms with Crippen LogP contribution in [0.25, 0.3) is 11.5 Å². The zero-order valence-electron chi connectivity index (χ0n) is 13.1. The van der Waals surface area contributed by atoms with Crippen molar-refractivity contribution < 1.29 is 9.15 Å². The Hall–Kier alpha value is -1.40. The molecule has 0 spiro atoms. The van der Waals surface area contributed by atoms with Crippen molar-refractivity contribution in [2.45, 2.75) is 15.0 Å². The van der Waals surface area contributed by atoms with Gasteiger partial charge in [-0.15, -0.1) is 0 Å². The van der Waals surface area contributed by atoms with Gasteiger partial charge in [-0.2, -0.15) is 0 Å². The molecule has 1 heterocycles. The molecule has 0 saturated carbocycles. The van der Waals surface area contributed by atoms with Gasteiger partial charge in [-0.1, -0.05) is 53.3 Å². The number of halogens is 1. The average molecular weight is 378 g/mol. The van der Waals surface area contributed by atoms with Crippen molar-refractivity contribution >= 4 is 35.1 Å². The number of nitrogens with zero attached hydrogens (tertiary/aromatic N) is 1. The number of benzene rings is 2. The van der Waals surface area contributed by atoms with Crippen LogP contribution in [-0.2, 0) is 4.74 Å². The molecule has 0 unspecified atom stereocenters. The van der Waals surface area contributed by atoms with Crippen molar-refractivity contribution in [3.05, 3.63) is 59.6 Å². The summed E-state index contributed by atoms with van der Waals surface area (Å²) in [6.45, 7) is 0.664.